The third-order valence-corrected chi connectivity index (χ3v) is 2.62. The molecule has 1 heterocycles. The van der Waals surface area contributed by atoms with E-state index in [0.717, 1.165) is 13.1 Å². The van der Waals surface area contributed by atoms with Crippen molar-refractivity contribution in [3.63, 3.8) is 0 Å². The summed E-state index contributed by atoms with van der Waals surface area (Å²) in [6, 6.07) is 10.6. The predicted molar refractivity (Wildman–Crippen MR) is 66.1 cm³/mol. The maximum absolute atomic E-state index is 4.29. The molecule has 3 heteroatoms. The maximum Gasteiger partial charge on any atom is 0.0682 e. The SMILES string of the molecule is CCn1nccc1-c1cccc(CNC)c1. The molecule has 0 amide bonds. The van der Waals surface area contributed by atoms with Crippen LogP contribution in [-0.4, -0.2) is 16.8 Å². The number of benzene rings is 1. The molecule has 16 heavy (non-hydrogen) atoms. The van der Waals surface area contributed by atoms with Crippen LogP contribution in [0.5, 0.6) is 0 Å². The standard InChI is InChI=1S/C13H17N3/c1-3-16-13(7-8-15-16)12-6-4-5-11(9-12)10-14-2/h4-9,14H,3,10H2,1-2H3. The largest absolute Gasteiger partial charge is 0.316 e. The average molecular weight is 215 g/mol. The number of aryl methyl sites for hydroxylation is 1. The van der Waals surface area contributed by atoms with E-state index in [1.165, 1.54) is 16.8 Å². The van der Waals surface area contributed by atoms with Gasteiger partial charge in [-0.3, -0.25) is 4.68 Å². The first-order valence-electron chi connectivity index (χ1n) is 5.61. The van der Waals surface area contributed by atoms with E-state index in [4.69, 9.17) is 0 Å². The van der Waals surface area contributed by atoms with Gasteiger partial charge in [0, 0.05) is 24.8 Å². The fourth-order valence-electron chi connectivity index (χ4n) is 1.87. The molecule has 0 saturated heterocycles. The van der Waals surface area contributed by atoms with Crippen molar-refractivity contribution in [1.82, 2.24) is 15.1 Å². The van der Waals surface area contributed by atoms with Crippen molar-refractivity contribution in [2.45, 2.75) is 20.0 Å². The average Bonchev–Trinajstić information content (AvgIpc) is 2.78. The number of nitrogens with zero attached hydrogens (tertiary/aromatic N) is 2. The summed E-state index contributed by atoms with van der Waals surface area (Å²) in [5.74, 6) is 0. The van der Waals surface area contributed by atoms with E-state index in [1.54, 1.807) is 0 Å². The van der Waals surface area contributed by atoms with E-state index in [-0.39, 0.29) is 0 Å². The summed E-state index contributed by atoms with van der Waals surface area (Å²) in [6.45, 7) is 3.90. The Morgan fingerprint density at radius 3 is 2.94 bits per heavy atom. The quantitative estimate of drug-likeness (QED) is 0.848. The van der Waals surface area contributed by atoms with Crippen LogP contribution in [0.4, 0.5) is 0 Å². The predicted octanol–water partition coefficient (Wildman–Crippen LogP) is 2.29. The van der Waals surface area contributed by atoms with Crippen LogP contribution in [0.15, 0.2) is 36.5 Å². The first kappa shape index (κ1) is 10.9. The molecule has 0 aliphatic rings. The second-order valence-corrected chi connectivity index (χ2v) is 3.76. The van der Waals surface area contributed by atoms with E-state index in [1.807, 2.05) is 17.9 Å². The number of nitrogens with one attached hydrogen (secondary N) is 1. The fourth-order valence-corrected chi connectivity index (χ4v) is 1.87. The Morgan fingerprint density at radius 1 is 1.31 bits per heavy atom. The summed E-state index contributed by atoms with van der Waals surface area (Å²) in [4.78, 5) is 0. The molecule has 0 saturated carbocycles. The minimum atomic E-state index is 0.897. The third kappa shape index (κ3) is 2.14. The van der Waals surface area contributed by atoms with Gasteiger partial charge >= 0.3 is 0 Å². The van der Waals surface area contributed by atoms with Crippen molar-refractivity contribution < 1.29 is 0 Å². The Labute approximate surface area is 96.1 Å². The van der Waals surface area contributed by atoms with Crippen molar-refractivity contribution in [1.29, 1.82) is 0 Å². The van der Waals surface area contributed by atoms with Gasteiger partial charge in [-0.05, 0) is 31.7 Å². The maximum atomic E-state index is 4.29. The molecule has 3 nitrogen and oxygen atoms in total. The molecule has 0 fully saturated rings. The third-order valence-electron chi connectivity index (χ3n) is 2.62. The smallest absolute Gasteiger partial charge is 0.0682 e. The molecule has 0 unspecified atom stereocenters. The van der Waals surface area contributed by atoms with E-state index in [0.29, 0.717) is 0 Å². The van der Waals surface area contributed by atoms with E-state index in [9.17, 15) is 0 Å². The molecule has 1 aromatic heterocycles. The van der Waals surface area contributed by atoms with Crippen LogP contribution in [0.1, 0.15) is 12.5 Å². The first-order chi connectivity index (χ1) is 7.85. The van der Waals surface area contributed by atoms with E-state index >= 15 is 0 Å². The molecule has 2 aromatic rings. The summed E-state index contributed by atoms with van der Waals surface area (Å²) in [7, 11) is 1.96. The summed E-state index contributed by atoms with van der Waals surface area (Å²) in [5.41, 5.74) is 3.71. The van der Waals surface area contributed by atoms with Gasteiger partial charge in [-0.2, -0.15) is 5.10 Å². The van der Waals surface area contributed by atoms with Crippen LogP contribution in [0.3, 0.4) is 0 Å². The molecule has 0 aliphatic heterocycles. The molecule has 0 aliphatic carbocycles. The minimum absolute atomic E-state index is 0.897. The van der Waals surface area contributed by atoms with Crippen LogP contribution in [0, 0.1) is 0 Å². The second kappa shape index (κ2) is 4.94. The topological polar surface area (TPSA) is 29.9 Å². The highest BCUT2D eigenvalue weighted by Crippen LogP contribution is 2.20. The van der Waals surface area contributed by atoms with E-state index in [2.05, 4.69) is 47.7 Å². The zero-order chi connectivity index (χ0) is 11.4. The van der Waals surface area contributed by atoms with Crippen molar-refractivity contribution in [3.8, 4) is 11.3 Å². The zero-order valence-corrected chi connectivity index (χ0v) is 9.77. The molecule has 0 bridgehead atoms. The summed E-state index contributed by atoms with van der Waals surface area (Å²) in [6.07, 6.45) is 1.85. The van der Waals surface area contributed by atoms with Gasteiger partial charge in [0.25, 0.3) is 0 Å². The zero-order valence-electron chi connectivity index (χ0n) is 9.77. The second-order valence-electron chi connectivity index (χ2n) is 3.76. The van der Waals surface area contributed by atoms with Gasteiger partial charge in [-0.15, -0.1) is 0 Å². The van der Waals surface area contributed by atoms with E-state index < -0.39 is 0 Å². The van der Waals surface area contributed by atoms with Crippen LogP contribution >= 0.6 is 0 Å². The molecule has 1 N–H and O–H groups in total. The highest BCUT2D eigenvalue weighted by molar-refractivity contribution is 5.60. The number of hydrogen-bond acceptors (Lipinski definition) is 2. The molecule has 1 aromatic carbocycles. The lowest BCUT2D eigenvalue weighted by atomic mass is 10.1. The van der Waals surface area contributed by atoms with Gasteiger partial charge in [0.1, 0.15) is 0 Å². The van der Waals surface area contributed by atoms with Crippen molar-refractivity contribution in [2.75, 3.05) is 7.05 Å². The number of rotatable bonds is 4. The lowest BCUT2D eigenvalue weighted by Crippen LogP contribution is -2.05. The summed E-state index contributed by atoms with van der Waals surface area (Å²) >= 11 is 0. The lowest BCUT2D eigenvalue weighted by molar-refractivity contribution is 0.667. The Balaban J connectivity index is 2.36. The number of hydrogen-bond donors (Lipinski definition) is 1. The molecule has 0 atom stereocenters. The van der Waals surface area contributed by atoms with Crippen molar-refractivity contribution in [3.05, 3.63) is 42.1 Å². The highest BCUT2D eigenvalue weighted by Gasteiger charge is 2.04. The highest BCUT2D eigenvalue weighted by atomic mass is 15.3. The normalized spacial score (nSPS) is 10.6. The van der Waals surface area contributed by atoms with Crippen LogP contribution in [0.25, 0.3) is 11.3 Å². The van der Waals surface area contributed by atoms with Crippen LogP contribution in [0.2, 0.25) is 0 Å². The van der Waals surface area contributed by atoms with Gasteiger partial charge in [-0.25, -0.2) is 0 Å². The Morgan fingerprint density at radius 2 is 2.19 bits per heavy atom. The minimum Gasteiger partial charge on any atom is -0.316 e. The molecule has 0 radical (unpaired) electrons. The Hall–Kier alpha value is -1.61. The van der Waals surface area contributed by atoms with Gasteiger partial charge in [-0.1, -0.05) is 18.2 Å². The molecule has 0 spiro atoms. The number of aromatic nitrogens is 2. The molecular formula is C13H17N3. The van der Waals surface area contributed by atoms with Gasteiger partial charge in [0.2, 0.25) is 0 Å². The van der Waals surface area contributed by atoms with Crippen LogP contribution < -0.4 is 5.32 Å². The summed E-state index contributed by atoms with van der Waals surface area (Å²) < 4.78 is 2.01. The Bertz CT molecular complexity index is 460. The monoisotopic (exact) mass is 215 g/mol. The van der Waals surface area contributed by atoms with Gasteiger partial charge < -0.3 is 5.32 Å². The van der Waals surface area contributed by atoms with Crippen molar-refractivity contribution >= 4 is 0 Å². The molecule has 2 rings (SSSR count). The first-order valence-corrected chi connectivity index (χ1v) is 5.61. The lowest BCUT2D eigenvalue weighted by Gasteiger charge is -2.07. The van der Waals surface area contributed by atoms with Crippen LogP contribution in [-0.2, 0) is 13.1 Å². The Kier molecular flexibility index (Phi) is 3.37. The van der Waals surface area contributed by atoms with Crippen molar-refractivity contribution in [2.24, 2.45) is 0 Å². The fraction of sp³-hybridized carbons (Fsp3) is 0.308. The summed E-state index contributed by atoms with van der Waals surface area (Å²) in [5, 5.41) is 7.45. The van der Waals surface area contributed by atoms with Gasteiger partial charge in [0.05, 0.1) is 5.69 Å². The van der Waals surface area contributed by atoms with Gasteiger partial charge in [0.15, 0.2) is 0 Å². The molecular weight excluding hydrogens is 198 g/mol. The molecule has 84 valence electrons.